The number of carbonyl (C=O) groups is 1. The SMILES string of the molecule is CCC(=O)C1CCN(c2nnnn2-c2ccccc2)CC1. The van der Waals surface area contributed by atoms with Crippen LogP contribution in [0.1, 0.15) is 26.2 Å². The average Bonchev–Trinajstić information content (AvgIpc) is 3.04. The van der Waals surface area contributed by atoms with Gasteiger partial charge < -0.3 is 4.90 Å². The average molecular weight is 285 g/mol. The van der Waals surface area contributed by atoms with Crippen LogP contribution in [-0.4, -0.2) is 39.1 Å². The van der Waals surface area contributed by atoms with E-state index in [0.29, 0.717) is 12.2 Å². The molecule has 6 heteroatoms. The molecule has 1 aromatic heterocycles. The fourth-order valence-electron chi connectivity index (χ4n) is 2.81. The van der Waals surface area contributed by atoms with Crippen molar-refractivity contribution in [1.29, 1.82) is 0 Å². The van der Waals surface area contributed by atoms with E-state index in [2.05, 4.69) is 20.4 Å². The molecule has 2 aromatic rings. The van der Waals surface area contributed by atoms with Gasteiger partial charge in [-0.3, -0.25) is 4.79 Å². The van der Waals surface area contributed by atoms with Crippen LogP contribution in [0.5, 0.6) is 0 Å². The number of carbonyl (C=O) groups excluding carboxylic acids is 1. The topological polar surface area (TPSA) is 63.9 Å². The van der Waals surface area contributed by atoms with Crippen molar-refractivity contribution < 1.29 is 4.79 Å². The highest BCUT2D eigenvalue weighted by atomic mass is 16.1. The van der Waals surface area contributed by atoms with E-state index in [4.69, 9.17) is 0 Å². The van der Waals surface area contributed by atoms with Crippen LogP contribution >= 0.6 is 0 Å². The number of aromatic nitrogens is 4. The van der Waals surface area contributed by atoms with E-state index in [1.165, 1.54) is 0 Å². The van der Waals surface area contributed by atoms with Crippen molar-refractivity contribution in [2.24, 2.45) is 5.92 Å². The van der Waals surface area contributed by atoms with Gasteiger partial charge in [-0.25, -0.2) is 0 Å². The van der Waals surface area contributed by atoms with Gasteiger partial charge in [-0.2, -0.15) is 4.68 Å². The summed E-state index contributed by atoms with van der Waals surface area (Å²) in [6.07, 6.45) is 2.40. The van der Waals surface area contributed by atoms with Gasteiger partial charge in [-0.15, -0.1) is 0 Å². The number of rotatable bonds is 4. The van der Waals surface area contributed by atoms with E-state index in [-0.39, 0.29) is 5.92 Å². The van der Waals surface area contributed by atoms with Gasteiger partial charge in [-0.1, -0.05) is 30.2 Å². The third kappa shape index (κ3) is 2.79. The molecule has 110 valence electrons. The Morgan fingerprint density at radius 3 is 2.62 bits per heavy atom. The van der Waals surface area contributed by atoms with Crippen LogP contribution in [0.3, 0.4) is 0 Å². The van der Waals surface area contributed by atoms with E-state index < -0.39 is 0 Å². The Balaban J connectivity index is 1.75. The van der Waals surface area contributed by atoms with E-state index in [9.17, 15) is 4.79 Å². The molecule has 0 amide bonds. The molecule has 0 saturated carbocycles. The fraction of sp³-hybridized carbons (Fsp3) is 0.467. The molecular formula is C15H19N5O. The van der Waals surface area contributed by atoms with E-state index >= 15 is 0 Å². The summed E-state index contributed by atoms with van der Waals surface area (Å²) < 4.78 is 1.75. The minimum Gasteiger partial charge on any atom is -0.339 e. The van der Waals surface area contributed by atoms with Crippen molar-refractivity contribution in [1.82, 2.24) is 20.2 Å². The van der Waals surface area contributed by atoms with E-state index in [0.717, 1.165) is 37.6 Å². The predicted molar refractivity (Wildman–Crippen MR) is 79.4 cm³/mol. The van der Waals surface area contributed by atoms with Crippen LogP contribution in [-0.2, 0) is 4.79 Å². The first kappa shape index (κ1) is 13.7. The lowest BCUT2D eigenvalue weighted by Crippen LogP contribution is -2.37. The maximum Gasteiger partial charge on any atom is 0.250 e. The molecule has 0 unspecified atom stereocenters. The molecule has 21 heavy (non-hydrogen) atoms. The quantitative estimate of drug-likeness (QED) is 0.858. The Bertz CT molecular complexity index is 602. The highest BCUT2D eigenvalue weighted by Crippen LogP contribution is 2.24. The minimum atomic E-state index is 0.201. The summed E-state index contributed by atoms with van der Waals surface area (Å²) in [6.45, 7) is 3.58. The number of benzene rings is 1. The third-order valence-corrected chi connectivity index (χ3v) is 4.04. The van der Waals surface area contributed by atoms with Gasteiger partial charge in [0.2, 0.25) is 5.95 Å². The molecule has 1 saturated heterocycles. The van der Waals surface area contributed by atoms with Gasteiger partial charge >= 0.3 is 0 Å². The van der Waals surface area contributed by atoms with Crippen molar-refractivity contribution >= 4 is 11.7 Å². The first-order valence-electron chi connectivity index (χ1n) is 7.41. The normalized spacial score (nSPS) is 16.1. The number of ketones is 1. The largest absolute Gasteiger partial charge is 0.339 e. The fourth-order valence-corrected chi connectivity index (χ4v) is 2.81. The van der Waals surface area contributed by atoms with Crippen LogP contribution in [0.15, 0.2) is 30.3 Å². The van der Waals surface area contributed by atoms with Crippen LogP contribution in [0, 0.1) is 5.92 Å². The molecule has 0 N–H and O–H groups in total. The molecule has 2 heterocycles. The summed E-state index contributed by atoms with van der Waals surface area (Å²) in [7, 11) is 0. The van der Waals surface area contributed by atoms with Crippen molar-refractivity contribution in [2.45, 2.75) is 26.2 Å². The van der Waals surface area contributed by atoms with Crippen molar-refractivity contribution in [3.05, 3.63) is 30.3 Å². The van der Waals surface area contributed by atoms with Gasteiger partial charge in [0, 0.05) is 25.4 Å². The second-order valence-electron chi connectivity index (χ2n) is 5.31. The summed E-state index contributed by atoms with van der Waals surface area (Å²) in [5, 5.41) is 12.0. The lowest BCUT2D eigenvalue weighted by atomic mass is 9.91. The van der Waals surface area contributed by atoms with Crippen LogP contribution in [0.4, 0.5) is 5.95 Å². The van der Waals surface area contributed by atoms with Gasteiger partial charge in [0.25, 0.3) is 0 Å². The molecule has 0 atom stereocenters. The Labute approximate surface area is 123 Å². The molecule has 1 fully saturated rings. The lowest BCUT2D eigenvalue weighted by molar-refractivity contribution is -0.123. The number of anilines is 1. The second-order valence-corrected chi connectivity index (χ2v) is 5.31. The van der Waals surface area contributed by atoms with Crippen molar-refractivity contribution in [2.75, 3.05) is 18.0 Å². The maximum atomic E-state index is 11.8. The highest BCUT2D eigenvalue weighted by molar-refractivity contribution is 5.80. The number of nitrogens with zero attached hydrogens (tertiary/aromatic N) is 5. The van der Waals surface area contributed by atoms with Gasteiger partial charge in [0.15, 0.2) is 0 Å². The van der Waals surface area contributed by atoms with Gasteiger partial charge in [0.05, 0.1) is 5.69 Å². The van der Waals surface area contributed by atoms with Gasteiger partial charge in [0.1, 0.15) is 5.78 Å². The summed E-state index contributed by atoms with van der Waals surface area (Å²) >= 11 is 0. The Morgan fingerprint density at radius 2 is 1.95 bits per heavy atom. The standard InChI is InChI=1S/C15H19N5O/c1-2-14(21)12-8-10-19(11-9-12)15-16-17-18-20(15)13-6-4-3-5-7-13/h3-7,12H,2,8-11H2,1H3. The maximum absolute atomic E-state index is 11.8. The summed E-state index contributed by atoms with van der Waals surface area (Å²) in [4.78, 5) is 13.9. The molecule has 1 aliphatic heterocycles. The molecule has 6 nitrogen and oxygen atoms in total. The monoisotopic (exact) mass is 285 g/mol. The van der Waals surface area contributed by atoms with Crippen LogP contribution in [0.25, 0.3) is 5.69 Å². The first-order chi connectivity index (χ1) is 10.3. The Kier molecular flexibility index (Phi) is 3.94. The molecule has 0 radical (unpaired) electrons. The minimum absolute atomic E-state index is 0.201. The molecule has 1 aromatic carbocycles. The number of hydrogen-bond acceptors (Lipinski definition) is 5. The number of tetrazole rings is 1. The summed E-state index contributed by atoms with van der Waals surface area (Å²) in [6, 6.07) is 9.86. The van der Waals surface area contributed by atoms with Crippen molar-refractivity contribution in [3.63, 3.8) is 0 Å². The van der Waals surface area contributed by atoms with Crippen molar-refractivity contribution in [3.8, 4) is 5.69 Å². The molecule has 0 spiro atoms. The third-order valence-electron chi connectivity index (χ3n) is 4.04. The number of hydrogen-bond donors (Lipinski definition) is 0. The smallest absolute Gasteiger partial charge is 0.250 e. The number of para-hydroxylation sites is 1. The van der Waals surface area contributed by atoms with Crippen LogP contribution < -0.4 is 4.90 Å². The molecule has 0 bridgehead atoms. The number of piperidine rings is 1. The molecule has 1 aliphatic rings. The predicted octanol–water partition coefficient (Wildman–Crippen LogP) is 1.86. The summed E-state index contributed by atoms with van der Waals surface area (Å²) in [5.74, 6) is 1.33. The Morgan fingerprint density at radius 1 is 1.24 bits per heavy atom. The lowest BCUT2D eigenvalue weighted by Gasteiger charge is -2.31. The first-order valence-corrected chi connectivity index (χ1v) is 7.41. The van der Waals surface area contributed by atoms with Gasteiger partial charge in [-0.05, 0) is 35.4 Å². The molecule has 3 rings (SSSR count). The second kappa shape index (κ2) is 6.03. The molecule has 0 aliphatic carbocycles. The highest BCUT2D eigenvalue weighted by Gasteiger charge is 2.26. The zero-order valence-corrected chi connectivity index (χ0v) is 12.1. The van der Waals surface area contributed by atoms with E-state index in [1.54, 1.807) is 4.68 Å². The zero-order valence-electron chi connectivity index (χ0n) is 12.1. The summed E-state index contributed by atoms with van der Waals surface area (Å²) in [5.41, 5.74) is 0.948. The van der Waals surface area contributed by atoms with Crippen LogP contribution in [0.2, 0.25) is 0 Å². The Hall–Kier alpha value is -2.24. The molecular weight excluding hydrogens is 266 g/mol. The number of Topliss-reactive ketones (excluding diaryl/α,β-unsaturated/α-hetero) is 1. The zero-order chi connectivity index (χ0) is 14.7. The van der Waals surface area contributed by atoms with E-state index in [1.807, 2.05) is 37.3 Å².